The SMILES string of the molecule is CN1CCN(Sc2cc(-c3ncc(-c4ccc(Br)c(F)c4)[nH]3)ccc2Cl)CC1. The van der Waals surface area contributed by atoms with Gasteiger partial charge >= 0.3 is 0 Å². The second-order valence-corrected chi connectivity index (χ2v) is 9.14. The van der Waals surface area contributed by atoms with Gasteiger partial charge in [0.15, 0.2) is 0 Å². The Hall–Kier alpha value is -1.38. The summed E-state index contributed by atoms with van der Waals surface area (Å²) >= 11 is 11.3. The summed E-state index contributed by atoms with van der Waals surface area (Å²) in [6.45, 7) is 4.11. The number of likely N-dealkylation sites (N-methyl/N-ethyl adjacent to an activating group) is 1. The smallest absolute Gasteiger partial charge is 0.138 e. The van der Waals surface area contributed by atoms with Gasteiger partial charge < -0.3 is 9.88 Å². The molecule has 0 bridgehead atoms. The highest BCUT2D eigenvalue weighted by Gasteiger charge is 2.17. The van der Waals surface area contributed by atoms with E-state index in [9.17, 15) is 4.39 Å². The van der Waals surface area contributed by atoms with E-state index in [2.05, 4.69) is 48.2 Å². The third kappa shape index (κ3) is 4.44. The molecule has 1 fully saturated rings. The fourth-order valence-electron chi connectivity index (χ4n) is 3.02. The van der Waals surface area contributed by atoms with E-state index in [4.69, 9.17) is 11.6 Å². The van der Waals surface area contributed by atoms with Crippen molar-refractivity contribution in [2.24, 2.45) is 0 Å². The number of imidazole rings is 1. The number of hydrogen-bond acceptors (Lipinski definition) is 4. The van der Waals surface area contributed by atoms with E-state index < -0.39 is 0 Å². The first kappa shape index (κ1) is 19.9. The van der Waals surface area contributed by atoms with Crippen LogP contribution in [0.2, 0.25) is 5.02 Å². The first-order valence-corrected chi connectivity index (χ1v) is 10.9. The van der Waals surface area contributed by atoms with Crippen LogP contribution in [-0.2, 0) is 0 Å². The molecule has 2 aromatic carbocycles. The van der Waals surface area contributed by atoms with Gasteiger partial charge in [-0.15, -0.1) is 0 Å². The number of halogens is 3. The topological polar surface area (TPSA) is 35.2 Å². The minimum Gasteiger partial charge on any atom is -0.338 e. The highest BCUT2D eigenvalue weighted by molar-refractivity contribution is 9.10. The Bertz CT molecular complexity index is 988. The molecule has 28 heavy (non-hydrogen) atoms. The molecule has 0 saturated carbocycles. The molecule has 4 rings (SSSR count). The second-order valence-electron chi connectivity index (χ2n) is 6.74. The van der Waals surface area contributed by atoms with Crippen LogP contribution in [0.1, 0.15) is 0 Å². The molecule has 4 nitrogen and oxygen atoms in total. The predicted octanol–water partition coefficient (Wildman–Crippen LogP) is 5.55. The molecule has 1 aliphatic rings. The second kappa shape index (κ2) is 8.55. The largest absolute Gasteiger partial charge is 0.338 e. The summed E-state index contributed by atoms with van der Waals surface area (Å²) in [5.41, 5.74) is 2.47. The van der Waals surface area contributed by atoms with E-state index in [1.165, 1.54) is 6.07 Å². The number of aromatic nitrogens is 2. The maximum Gasteiger partial charge on any atom is 0.138 e. The summed E-state index contributed by atoms with van der Waals surface area (Å²) in [5, 5.41) is 0.731. The third-order valence-corrected chi connectivity index (χ3v) is 6.94. The number of nitrogens with zero attached hydrogens (tertiary/aromatic N) is 3. The molecule has 0 unspecified atom stereocenters. The number of hydrogen-bond donors (Lipinski definition) is 1. The first-order valence-electron chi connectivity index (χ1n) is 8.91. The number of benzene rings is 2. The third-order valence-electron chi connectivity index (χ3n) is 4.70. The minimum atomic E-state index is -0.300. The van der Waals surface area contributed by atoms with E-state index in [0.29, 0.717) is 4.47 Å². The lowest BCUT2D eigenvalue weighted by Crippen LogP contribution is -2.40. The highest BCUT2D eigenvalue weighted by Crippen LogP contribution is 2.34. The van der Waals surface area contributed by atoms with Crippen molar-refractivity contribution in [2.75, 3.05) is 33.2 Å². The van der Waals surface area contributed by atoms with Gasteiger partial charge in [-0.05, 0) is 65.3 Å². The lowest BCUT2D eigenvalue weighted by molar-refractivity contribution is 0.233. The molecule has 0 spiro atoms. The van der Waals surface area contributed by atoms with Crippen molar-refractivity contribution in [3.8, 4) is 22.6 Å². The van der Waals surface area contributed by atoms with Crippen LogP contribution in [0.4, 0.5) is 4.39 Å². The zero-order chi connectivity index (χ0) is 19.7. The molecule has 0 amide bonds. The van der Waals surface area contributed by atoms with Crippen LogP contribution >= 0.6 is 39.5 Å². The van der Waals surface area contributed by atoms with Gasteiger partial charge in [-0.1, -0.05) is 17.7 Å². The van der Waals surface area contributed by atoms with E-state index >= 15 is 0 Å². The van der Waals surface area contributed by atoms with Gasteiger partial charge in [0.25, 0.3) is 0 Å². The Morgan fingerprint density at radius 1 is 1.11 bits per heavy atom. The first-order chi connectivity index (χ1) is 13.5. The fraction of sp³-hybridized carbons (Fsp3) is 0.250. The van der Waals surface area contributed by atoms with Crippen LogP contribution in [0.5, 0.6) is 0 Å². The zero-order valence-electron chi connectivity index (χ0n) is 15.3. The van der Waals surface area contributed by atoms with Gasteiger partial charge in [0.1, 0.15) is 11.6 Å². The van der Waals surface area contributed by atoms with Crippen molar-refractivity contribution in [3.05, 3.63) is 57.9 Å². The van der Waals surface area contributed by atoms with Crippen LogP contribution in [0.3, 0.4) is 0 Å². The molecular weight excluding hydrogens is 463 g/mol. The van der Waals surface area contributed by atoms with Crippen LogP contribution < -0.4 is 0 Å². The van der Waals surface area contributed by atoms with Crippen molar-refractivity contribution in [1.29, 1.82) is 0 Å². The summed E-state index contributed by atoms with van der Waals surface area (Å²) in [4.78, 5) is 11.1. The van der Waals surface area contributed by atoms with Crippen molar-refractivity contribution in [3.63, 3.8) is 0 Å². The molecule has 146 valence electrons. The standard InChI is InChI=1S/C20H19BrClFN4S/c1-26-6-8-27(9-7-26)28-19-11-14(3-5-16(19)22)20-24-12-18(25-20)13-2-4-15(21)17(23)10-13/h2-5,10-12H,6-9H2,1H3,(H,24,25). The van der Waals surface area contributed by atoms with Gasteiger partial charge in [-0.25, -0.2) is 13.7 Å². The van der Waals surface area contributed by atoms with Crippen LogP contribution in [0.15, 0.2) is 52.0 Å². The number of aromatic amines is 1. The summed E-state index contributed by atoms with van der Waals surface area (Å²) in [6.07, 6.45) is 1.72. The van der Waals surface area contributed by atoms with Gasteiger partial charge in [0, 0.05) is 42.2 Å². The average molecular weight is 482 g/mol. The molecular formula is C20H19BrClFN4S. The molecule has 8 heteroatoms. The lowest BCUT2D eigenvalue weighted by atomic mass is 10.2. The maximum atomic E-state index is 13.8. The van der Waals surface area contributed by atoms with Crippen molar-refractivity contribution >= 4 is 39.5 Å². The van der Waals surface area contributed by atoms with Gasteiger partial charge in [-0.3, -0.25) is 0 Å². The summed E-state index contributed by atoms with van der Waals surface area (Å²) in [5.74, 6) is 0.432. The zero-order valence-corrected chi connectivity index (χ0v) is 18.4. The Labute approximate surface area is 181 Å². The quantitative estimate of drug-likeness (QED) is 0.495. The number of H-pyrrole nitrogens is 1. The number of rotatable bonds is 4. The van der Waals surface area contributed by atoms with E-state index in [0.717, 1.165) is 58.7 Å². The van der Waals surface area contributed by atoms with Crippen LogP contribution in [-0.4, -0.2) is 52.4 Å². The normalized spacial score (nSPS) is 15.9. The molecule has 2 heterocycles. The van der Waals surface area contributed by atoms with Gasteiger partial charge in [-0.2, -0.15) is 0 Å². The molecule has 1 N–H and O–H groups in total. The average Bonchev–Trinajstić information content (AvgIpc) is 3.18. The van der Waals surface area contributed by atoms with Crippen LogP contribution in [0.25, 0.3) is 22.6 Å². The van der Waals surface area contributed by atoms with E-state index in [-0.39, 0.29) is 5.82 Å². The van der Waals surface area contributed by atoms with Crippen molar-refractivity contribution in [1.82, 2.24) is 19.2 Å². The minimum absolute atomic E-state index is 0.300. The Morgan fingerprint density at radius 3 is 2.61 bits per heavy atom. The Morgan fingerprint density at radius 2 is 1.86 bits per heavy atom. The molecule has 0 radical (unpaired) electrons. The van der Waals surface area contributed by atoms with Gasteiger partial charge in [0.2, 0.25) is 0 Å². The summed E-state index contributed by atoms with van der Waals surface area (Å²) < 4.78 is 16.6. The molecule has 1 aliphatic heterocycles. The Kier molecular flexibility index (Phi) is 6.08. The highest BCUT2D eigenvalue weighted by atomic mass is 79.9. The number of piperazine rings is 1. The molecule has 0 aliphatic carbocycles. The van der Waals surface area contributed by atoms with Crippen LogP contribution in [0, 0.1) is 5.82 Å². The monoisotopic (exact) mass is 480 g/mol. The molecule has 3 aromatic rings. The maximum absolute atomic E-state index is 13.8. The van der Waals surface area contributed by atoms with Crippen molar-refractivity contribution < 1.29 is 4.39 Å². The van der Waals surface area contributed by atoms with E-state index in [1.54, 1.807) is 24.2 Å². The molecule has 1 saturated heterocycles. The summed E-state index contributed by atoms with van der Waals surface area (Å²) in [6, 6.07) is 10.9. The number of nitrogens with one attached hydrogen (secondary N) is 1. The predicted molar refractivity (Wildman–Crippen MR) is 117 cm³/mol. The molecule has 0 atom stereocenters. The van der Waals surface area contributed by atoms with Crippen molar-refractivity contribution in [2.45, 2.75) is 4.90 Å². The summed E-state index contributed by atoms with van der Waals surface area (Å²) in [7, 11) is 2.14. The van der Waals surface area contributed by atoms with E-state index in [1.807, 2.05) is 18.2 Å². The fourth-order valence-corrected chi connectivity index (χ4v) is 4.44. The lowest BCUT2D eigenvalue weighted by Gasteiger charge is -2.31. The van der Waals surface area contributed by atoms with Gasteiger partial charge in [0.05, 0.1) is 21.4 Å². The Balaban J connectivity index is 1.56. The molecule has 1 aromatic heterocycles.